The van der Waals surface area contributed by atoms with E-state index >= 15 is 0 Å². The summed E-state index contributed by atoms with van der Waals surface area (Å²) in [6.07, 6.45) is 3.55. The van der Waals surface area contributed by atoms with Crippen molar-refractivity contribution in [1.29, 1.82) is 0 Å². The summed E-state index contributed by atoms with van der Waals surface area (Å²) in [5.74, 6) is 0.397. The van der Waals surface area contributed by atoms with E-state index in [1.165, 1.54) is 18.1 Å². The largest absolute Gasteiger partial charge is 0.382 e. The Morgan fingerprint density at radius 3 is 2.59 bits per heavy atom. The number of carbonyl (C=O) groups excluding carboxylic acids is 1. The third-order valence-corrected chi connectivity index (χ3v) is 4.65. The molecular formula is C22H20N4O. The number of anilines is 2. The summed E-state index contributed by atoms with van der Waals surface area (Å²) in [6.45, 7) is 1.51. The maximum absolute atomic E-state index is 11.1. The van der Waals surface area contributed by atoms with Crippen molar-refractivity contribution in [3.63, 3.8) is 0 Å². The number of aromatic nitrogens is 2. The molecule has 4 aromatic rings. The van der Waals surface area contributed by atoms with E-state index in [2.05, 4.69) is 27.4 Å². The van der Waals surface area contributed by atoms with Crippen molar-refractivity contribution < 1.29 is 4.79 Å². The zero-order chi connectivity index (χ0) is 18.8. The molecule has 134 valence electrons. The van der Waals surface area contributed by atoms with Crippen molar-refractivity contribution in [3.8, 4) is 0 Å². The lowest BCUT2D eigenvalue weighted by atomic mass is 9.98. The number of hydrogen-bond acceptors (Lipinski definition) is 4. The van der Waals surface area contributed by atoms with Crippen LogP contribution in [-0.2, 0) is 17.6 Å². The molecular weight excluding hydrogens is 336 g/mol. The quantitative estimate of drug-likeness (QED) is 0.539. The molecule has 1 amide bonds. The molecule has 27 heavy (non-hydrogen) atoms. The molecule has 0 saturated heterocycles. The van der Waals surface area contributed by atoms with Crippen molar-refractivity contribution in [2.75, 3.05) is 11.1 Å². The molecule has 4 rings (SSSR count). The van der Waals surface area contributed by atoms with E-state index < -0.39 is 0 Å². The average molecular weight is 356 g/mol. The number of benzene rings is 2. The predicted molar refractivity (Wildman–Crippen MR) is 110 cm³/mol. The Bertz CT molecular complexity index is 1140. The summed E-state index contributed by atoms with van der Waals surface area (Å²) in [5.41, 5.74) is 11.0. The van der Waals surface area contributed by atoms with Crippen LogP contribution < -0.4 is 11.1 Å². The maximum atomic E-state index is 11.1. The van der Waals surface area contributed by atoms with Crippen LogP contribution in [0, 0.1) is 0 Å². The Kier molecular flexibility index (Phi) is 4.42. The topological polar surface area (TPSA) is 80.9 Å². The number of rotatable bonds is 4. The molecule has 5 heteroatoms. The standard InChI is InChI=1S/C22H20N4O/c1-14(27)25-17-10-7-15(8-11-17)6-9-16-12-13-24-21-20(16)18-4-2-3-5-19(18)26-22(21)23/h2-5,7-8,10-13H,6,9H2,1H3,(H2,23,26)(H,25,27). The van der Waals surface area contributed by atoms with Gasteiger partial charge in [0.1, 0.15) is 5.52 Å². The number of nitrogen functional groups attached to an aromatic ring is 1. The third-order valence-electron chi connectivity index (χ3n) is 4.65. The second-order valence-electron chi connectivity index (χ2n) is 6.59. The van der Waals surface area contributed by atoms with E-state index in [0.29, 0.717) is 5.82 Å². The van der Waals surface area contributed by atoms with Gasteiger partial charge in [-0.2, -0.15) is 0 Å². The summed E-state index contributed by atoms with van der Waals surface area (Å²) in [7, 11) is 0. The van der Waals surface area contributed by atoms with E-state index in [-0.39, 0.29) is 5.91 Å². The van der Waals surface area contributed by atoms with Crippen LogP contribution >= 0.6 is 0 Å². The second-order valence-corrected chi connectivity index (χ2v) is 6.59. The lowest BCUT2D eigenvalue weighted by Crippen LogP contribution is -2.05. The summed E-state index contributed by atoms with van der Waals surface area (Å²) >= 11 is 0. The molecule has 0 aliphatic rings. The van der Waals surface area contributed by atoms with Crippen LogP contribution in [0.25, 0.3) is 21.8 Å². The zero-order valence-corrected chi connectivity index (χ0v) is 15.1. The van der Waals surface area contributed by atoms with Gasteiger partial charge in [-0.25, -0.2) is 4.98 Å². The number of hydrogen-bond donors (Lipinski definition) is 2. The minimum absolute atomic E-state index is 0.0657. The molecule has 0 radical (unpaired) electrons. The molecule has 0 aliphatic heterocycles. The summed E-state index contributed by atoms with van der Waals surface area (Å²) in [6, 6.07) is 18.0. The van der Waals surface area contributed by atoms with Gasteiger partial charge in [0.05, 0.1) is 5.52 Å². The Labute approximate surface area is 157 Å². The van der Waals surface area contributed by atoms with Gasteiger partial charge in [-0.05, 0) is 48.2 Å². The maximum Gasteiger partial charge on any atom is 0.221 e. The fraction of sp³-hybridized carbons (Fsp3) is 0.136. The molecule has 0 atom stereocenters. The first-order valence-electron chi connectivity index (χ1n) is 8.90. The molecule has 2 aromatic heterocycles. The van der Waals surface area contributed by atoms with E-state index in [0.717, 1.165) is 40.3 Å². The highest BCUT2D eigenvalue weighted by atomic mass is 16.1. The summed E-state index contributed by atoms with van der Waals surface area (Å²) in [5, 5.41) is 4.94. The van der Waals surface area contributed by atoms with E-state index in [4.69, 9.17) is 5.73 Å². The molecule has 0 saturated carbocycles. The minimum Gasteiger partial charge on any atom is -0.382 e. The number of amides is 1. The van der Waals surface area contributed by atoms with Crippen LogP contribution in [0.5, 0.6) is 0 Å². The van der Waals surface area contributed by atoms with Crippen molar-refractivity contribution in [2.45, 2.75) is 19.8 Å². The number of aryl methyl sites for hydroxylation is 2. The van der Waals surface area contributed by atoms with Crippen molar-refractivity contribution in [2.24, 2.45) is 0 Å². The highest BCUT2D eigenvalue weighted by Gasteiger charge is 2.11. The zero-order valence-electron chi connectivity index (χ0n) is 15.1. The highest BCUT2D eigenvalue weighted by molar-refractivity contribution is 6.09. The van der Waals surface area contributed by atoms with Crippen LogP contribution in [0.3, 0.4) is 0 Å². The van der Waals surface area contributed by atoms with Crippen LogP contribution in [0.1, 0.15) is 18.1 Å². The normalized spacial score (nSPS) is 11.0. The number of para-hydroxylation sites is 1. The Morgan fingerprint density at radius 1 is 1.04 bits per heavy atom. The SMILES string of the molecule is CC(=O)Nc1ccc(CCc2ccnc3c(N)nc4ccccc4c23)cc1. The Hall–Kier alpha value is -3.47. The van der Waals surface area contributed by atoms with Gasteiger partial charge in [0.2, 0.25) is 5.91 Å². The number of fused-ring (bicyclic) bond motifs is 3. The lowest BCUT2D eigenvalue weighted by molar-refractivity contribution is -0.114. The van der Waals surface area contributed by atoms with Crippen molar-refractivity contribution >= 4 is 39.2 Å². The van der Waals surface area contributed by atoms with Gasteiger partial charge < -0.3 is 11.1 Å². The first kappa shape index (κ1) is 17.0. The molecule has 0 unspecified atom stereocenters. The second kappa shape index (κ2) is 7.03. The molecule has 5 nitrogen and oxygen atoms in total. The van der Waals surface area contributed by atoms with Crippen LogP contribution in [0.15, 0.2) is 60.8 Å². The number of nitrogens with zero attached hydrogens (tertiary/aromatic N) is 2. The molecule has 0 bridgehead atoms. The van der Waals surface area contributed by atoms with E-state index in [1.54, 1.807) is 6.20 Å². The summed E-state index contributed by atoms with van der Waals surface area (Å²) in [4.78, 5) is 20.1. The first-order valence-corrected chi connectivity index (χ1v) is 8.90. The fourth-order valence-corrected chi connectivity index (χ4v) is 3.41. The fourth-order valence-electron chi connectivity index (χ4n) is 3.41. The van der Waals surface area contributed by atoms with Crippen LogP contribution in [0.4, 0.5) is 11.5 Å². The number of carbonyl (C=O) groups is 1. The van der Waals surface area contributed by atoms with E-state index in [1.807, 2.05) is 42.5 Å². The first-order chi connectivity index (χ1) is 13.1. The van der Waals surface area contributed by atoms with Crippen molar-refractivity contribution in [1.82, 2.24) is 9.97 Å². The van der Waals surface area contributed by atoms with Crippen LogP contribution in [0.2, 0.25) is 0 Å². The Balaban J connectivity index is 1.67. The monoisotopic (exact) mass is 356 g/mol. The van der Waals surface area contributed by atoms with Crippen LogP contribution in [-0.4, -0.2) is 15.9 Å². The van der Waals surface area contributed by atoms with E-state index in [9.17, 15) is 4.79 Å². The highest BCUT2D eigenvalue weighted by Crippen LogP contribution is 2.29. The molecule has 0 fully saturated rings. The molecule has 3 N–H and O–H groups in total. The lowest BCUT2D eigenvalue weighted by Gasteiger charge is -2.11. The molecule has 0 aliphatic carbocycles. The molecule has 0 spiro atoms. The number of pyridine rings is 2. The molecule has 2 heterocycles. The van der Waals surface area contributed by atoms with Gasteiger partial charge in [-0.15, -0.1) is 0 Å². The molecule has 2 aromatic carbocycles. The van der Waals surface area contributed by atoms with Gasteiger partial charge in [-0.1, -0.05) is 30.3 Å². The van der Waals surface area contributed by atoms with Gasteiger partial charge in [0.15, 0.2) is 5.82 Å². The Morgan fingerprint density at radius 2 is 1.81 bits per heavy atom. The number of nitrogens with two attached hydrogens (primary N) is 1. The summed E-state index contributed by atoms with van der Waals surface area (Å²) < 4.78 is 0. The minimum atomic E-state index is -0.0657. The average Bonchev–Trinajstić information content (AvgIpc) is 2.67. The van der Waals surface area contributed by atoms with Crippen molar-refractivity contribution in [3.05, 3.63) is 71.9 Å². The van der Waals surface area contributed by atoms with Gasteiger partial charge in [0, 0.05) is 29.6 Å². The number of nitrogens with one attached hydrogen (secondary N) is 1. The van der Waals surface area contributed by atoms with Gasteiger partial charge in [-0.3, -0.25) is 9.78 Å². The predicted octanol–water partition coefficient (Wildman–Crippen LogP) is 4.11. The third kappa shape index (κ3) is 3.44. The van der Waals surface area contributed by atoms with Gasteiger partial charge >= 0.3 is 0 Å². The van der Waals surface area contributed by atoms with Gasteiger partial charge in [0.25, 0.3) is 0 Å². The smallest absolute Gasteiger partial charge is 0.221 e.